The number of thiophene rings is 1. The molecule has 0 spiro atoms. The number of nitrogens with zero attached hydrogens (tertiary/aromatic N) is 3. The summed E-state index contributed by atoms with van der Waals surface area (Å²) in [5.74, 6) is -0.298. The van der Waals surface area contributed by atoms with Crippen molar-refractivity contribution in [2.45, 2.75) is 38.8 Å². The van der Waals surface area contributed by atoms with Gasteiger partial charge in [0.25, 0.3) is 6.43 Å². The molecule has 3 rings (SSSR count). The van der Waals surface area contributed by atoms with Crippen molar-refractivity contribution < 1.29 is 13.6 Å². The smallest absolute Gasteiger partial charge is 0.282 e. The van der Waals surface area contributed by atoms with Crippen molar-refractivity contribution in [3.05, 3.63) is 69.9 Å². The Kier molecular flexibility index (Phi) is 5.95. The third-order valence-electron chi connectivity index (χ3n) is 4.29. The lowest BCUT2D eigenvalue weighted by atomic mass is 10.0. The summed E-state index contributed by atoms with van der Waals surface area (Å²) in [4.78, 5) is 17.2. The molecule has 3 aromatic rings. The molecule has 5 nitrogen and oxygen atoms in total. The Morgan fingerprint density at radius 1 is 1.30 bits per heavy atom. The highest BCUT2D eigenvalue weighted by molar-refractivity contribution is 7.07. The number of aromatic nitrogens is 3. The van der Waals surface area contributed by atoms with Crippen LogP contribution in [0.25, 0.3) is 0 Å². The number of rotatable bonds is 7. The van der Waals surface area contributed by atoms with Gasteiger partial charge in [-0.1, -0.05) is 6.07 Å². The zero-order valence-electron chi connectivity index (χ0n) is 15.0. The van der Waals surface area contributed by atoms with E-state index in [0.717, 1.165) is 11.3 Å². The molecule has 3 heterocycles. The molecule has 3 aromatic heterocycles. The lowest BCUT2D eigenvalue weighted by Crippen LogP contribution is -2.36. The van der Waals surface area contributed by atoms with Crippen molar-refractivity contribution >= 4 is 17.2 Å². The Morgan fingerprint density at radius 2 is 2.11 bits per heavy atom. The molecular formula is C19H20F2N4OS. The van der Waals surface area contributed by atoms with Gasteiger partial charge < -0.3 is 5.32 Å². The number of carbonyl (C=O) groups is 1. The van der Waals surface area contributed by atoms with Crippen LogP contribution in [0, 0.1) is 6.92 Å². The van der Waals surface area contributed by atoms with Crippen LogP contribution in [0.15, 0.2) is 47.3 Å². The van der Waals surface area contributed by atoms with Crippen LogP contribution in [-0.2, 0) is 11.2 Å². The Bertz CT molecular complexity index is 881. The molecule has 0 aliphatic heterocycles. The third-order valence-corrected chi connectivity index (χ3v) is 5.02. The van der Waals surface area contributed by atoms with Gasteiger partial charge in [-0.05, 0) is 60.9 Å². The molecule has 27 heavy (non-hydrogen) atoms. The average Bonchev–Trinajstić information content (AvgIpc) is 3.30. The van der Waals surface area contributed by atoms with Crippen LogP contribution in [0.5, 0.6) is 0 Å². The minimum Gasteiger partial charge on any atom is -0.346 e. The van der Waals surface area contributed by atoms with Gasteiger partial charge >= 0.3 is 0 Å². The van der Waals surface area contributed by atoms with Gasteiger partial charge in [-0.15, -0.1) is 0 Å². The molecule has 1 N–H and O–H groups in total. The van der Waals surface area contributed by atoms with E-state index in [4.69, 9.17) is 0 Å². The molecule has 0 fully saturated rings. The number of amides is 1. The number of alkyl halides is 2. The van der Waals surface area contributed by atoms with Crippen LogP contribution >= 0.6 is 11.3 Å². The average molecular weight is 390 g/mol. The molecular weight excluding hydrogens is 370 g/mol. The fraction of sp³-hybridized carbons (Fsp3) is 0.316. The molecule has 0 saturated carbocycles. The van der Waals surface area contributed by atoms with Gasteiger partial charge in [0.1, 0.15) is 11.7 Å². The first kappa shape index (κ1) is 19.2. The highest BCUT2D eigenvalue weighted by Gasteiger charge is 2.24. The van der Waals surface area contributed by atoms with E-state index in [9.17, 15) is 13.6 Å². The van der Waals surface area contributed by atoms with E-state index in [0.29, 0.717) is 12.1 Å². The Balaban J connectivity index is 1.79. The second kappa shape index (κ2) is 8.39. The first-order valence-electron chi connectivity index (χ1n) is 8.52. The first-order valence-corrected chi connectivity index (χ1v) is 9.46. The van der Waals surface area contributed by atoms with Crippen molar-refractivity contribution in [1.82, 2.24) is 20.1 Å². The SMILES string of the molecule is Cc1cc(C(F)F)nn1[C@H](C)C(=O)N[C@@H](Cc1ccsc1)c1ccccn1. The number of carbonyl (C=O) groups excluding carboxylic acids is 1. The van der Waals surface area contributed by atoms with Gasteiger partial charge in [0.2, 0.25) is 5.91 Å². The number of hydrogen-bond acceptors (Lipinski definition) is 4. The maximum atomic E-state index is 12.9. The molecule has 8 heteroatoms. The number of nitrogens with one attached hydrogen (secondary N) is 1. The minimum atomic E-state index is -2.67. The molecule has 0 radical (unpaired) electrons. The first-order chi connectivity index (χ1) is 13.0. The Hall–Kier alpha value is -2.61. The van der Waals surface area contributed by atoms with Crippen LogP contribution in [0.3, 0.4) is 0 Å². The molecule has 0 aliphatic carbocycles. The third kappa shape index (κ3) is 4.57. The maximum absolute atomic E-state index is 12.9. The summed E-state index contributed by atoms with van der Waals surface area (Å²) in [5.41, 5.74) is 2.03. The summed E-state index contributed by atoms with van der Waals surface area (Å²) in [6, 6.07) is 7.81. The van der Waals surface area contributed by atoms with Gasteiger partial charge in [0.15, 0.2) is 0 Å². The summed E-state index contributed by atoms with van der Waals surface area (Å²) < 4.78 is 27.1. The van der Waals surface area contributed by atoms with Crippen LogP contribution in [-0.4, -0.2) is 20.7 Å². The summed E-state index contributed by atoms with van der Waals surface area (Å²) in [6.45, 7) is 3.30. The fourth-order valence-electron chi connectivity index (χ4n) is 2.87. The number of aryl methyl sites for hydroxylation is 1. The van der Waals surface area contributed by atoms with Crippen molar-refractivity contribution in [3.8, 4) is 0 Å². The monoisotopic (exact) mass is 390 g/mol. The number of halogens is 2. The van der Waals surface area contributed by atoms with E-state index in [2.05, 4.69) is 15.4 Å². The zero-order valence-corrected chi connectivity index (χ0v) is 15.8. The minimum absolute atomic E-state index is 0.298. The van der Waals surface area contributed by atoms with E-state index >= 15 is 0 Å². The van der Waals surface area contributed by atoms with Crippen molar-refractivity contribution in [2.24, 2.45) is 0 Å². The Labute approximate surface area is 160 Å². The highest BCUT2D eigenvalue weighted by Crippen LogP contribution is 2.22. The predicted molar refractivity (Wildman–Crippen MR) is 99.8 cm³/mol. The molecule has 1 amide bonds. The van der Waals surface area contributed by atoms with E-state index in [1.54, 1.807) is 31.4 Å². The van der Waals surface area contributed by atoms with Crippen LogP contribution in [0.1, 0.15) is 48.1 Å². The lowest BCUT2D eigenvalue weighted by molar-refractivity contribution is -0.125. The standard InChI is InChI=1S/C19H20F2N4OS/c1-12-9-17(18(20)21)24-25(12)13(2)19(26)23-16(10-14-6-8-27-11-14)15-5-3-4-7-22-15/h3-9,11,13,16,18H,10H2,1-2H3,(H,23,26)/t13-,16+/m1/s1. The molecule has 0 unspecified atom stereocenters. The van der Waals surface area contributed by atoms with Crippen LogP contribution in [0.2, 0.25) is 0 Å². The molecule has 0 saturated heterocycles. The second-order valence-corrected chi connectivity index (χ2v) is 7.06. The molecule has 2 atom stereocenters. The van der Waals surface area contributed by atoms with E-state index in [1.807, 2.05) is 35.0 Å². The Morgan fingerprint density at radius 3 is 2.70 bits per heavy atom. The molecule has 0 aliphatic rings. The van der Waals surface area contributed by atoms with Gasteiger partial charge in [0.05, 0.1) is 11.7 Å². The summed E-state index contributed by atoms with van der Waals surface area (Å²) >= 11 is 1.59. The molecule has 0 aromatic carbocycles. The second-order valence-electron chi connectivity index (χ2n) is 6.28. The van der Waals surface area contributed by atoms with Crippen LogP contribution < -0.4 is 5.32 Å². The van der Waals surface area contributed by atoms with E-state index in [-0.39, 0.29) is 17.6 Å². The van der Waals surface area contributed by atoms with E-state index in [1.165, 1.54) is 10.7 Å². The lowest BCUT2D eigenvalue weighted by Gasteiger charge is -2.21. The van der Waals surface area contributed by atoms with Gasteiger partial charge in [-0.2, -0.15) is 16.4 Å². The van der Waals surface area contributed by atoms with E-state index < -0.39 is 12.5 Å². The summed E-state index contributed by atoms with van der Waals surface area (Å²) in [5, 5.41) is 10.9. The predicted octanol–water partition coefficient (Wildman–Crippen LogP) is 4.25. The molecule has 142 valence electrons. The number of hydrogen-bond donors (Lipinski definition) is 1. The summed E-state index contributed by atoms with van der Waals surface area (Å²) in [6.07, 6.45) is -0.391. The summed E-state index contributed by atoms with van der Waals surface area (Å²) in [7, 11) is 0. The van der Waals surface area contributed by atoms with Gasteiger partial charge in [0, 0.05) is 11.9 Å². The van der Waals surface area contributed by atoms with Gasteiger partial charge in [-0.3, -0.25) is 14.5 Å². The fourth-order valence-corrected chi connectivity index (χ4v) is 3.55. The van der Waals surface area contributed by atoms with Crippen LogP contribution in [0.4, 0.5) is 8.78 Å². The number of pyridine rings is 1. The quantitative estimate of drug-likeness (QED) is 0.656. The molecule has 0 bridgehead atoms. The highest BCUT2D eigenvalue weighted by atomic mass is 32.1. The maximum Gasteiger partial charge on any atom is 0.282 e. The van der Waals surface area contributed by atoms with Crippen molar-refractivity contribution in [1.29, 1.82) is 0 Å². The largest absolute Gasteiger partial charge is 0.346 e. The zero-order chi connectivity index (χ0) is 19.4. The van der Waals surface area contributed by atoms with Crippen molar-refractivity contribution in [3.63, 3.8) is 0 Å². The van der Waals surface area contributed by atoms with Crippen molar-refractivity contribution in [2.75, 3.05) is 0 Å². The topological polar surface area (TPSA) is 59.8 Å². The normalized spacial score (nSPS) is 13.5. The van der Waals surface area contributed by atoms with Gasteiger partial charge in [-0.25, -0.2) is 8.78 Å².